The van der Waals surface area contributed by atoms with Crippen molar-refractivity contribution in [2.24, 2.45) is 17.3 Å². The monoisotopic (exact) mass is 266 g/mol. The van der Waals surface area contributed by atoms with E-state index in [0.29, 0.717) is 22.3 Å². The summed E-state index contributed by atoms with van der Waals surface area (Å²) in [5, 5.41) is 9.93. The molecule has 0 heterocycles. The van der Waals surface area contributed by atoms with Crippen molar-refractivity contribution < 1.29 is 5.11 Å². The molecule has 0 spiro atoms. The molecule has 0 radical (unpaired) electrons. The number of aromatic hydroxyl groups is 1. The molecule has 1 aliphatic rings. The van der Waals surface area contributed by atoms with Crippen LogP contribution in [-0.4, -0.2) is 5.11 Å². The maximum atomic E-state index is 9.45. The fraction of sp³-hybridized carbons (Fsp3) is 0.625. The maximum absolute atomic E-state index is 9.45. The Morgan fingerprint density at radius 2 is 2.00 bits per heavy atom. The summed E-state index contributed by atoms with van der Waals surface area (Å²) in [6, 6.07) is 5.64. The predicted molar refractivity (Wildman–Crippen MR) is 77.2 cm³/mol. The van der Waals surface area contributed by atoms with Crippen LogP contribution in [0.25, 0.3) is 0 Å². The highest BCUT2D eigenvalue weighted by Gasteiger charge is 2.40. The highest BCUT2D eigenvalue weighted by atomic mass is 35.5. The van der Waals surface area contributed by atoms with Gasteiger partial charge in [-0.25, -0.2) is 0 Å². The minimum absolute atomic E-state index is 0.179. The van der Waals surface area contributed by atoms with Gasteiger partial charge in [0.05, 0.1) is 5.02 Å². The second kappa shape index (κ2) is 4.77. The molecule has 0 bridgehead atoms. The van der Waals surface area contributed by atoms with Gasteiger partial charge in [0.2, 0.25) is 0 Å². The molecule has 1 saturated carbocycles. The smallest absolute Gasteiger partial charge is 0.134 e. The molecule has 1 aromatic carbocycles. The van der Waals surface area contributed by atoms with E-state index < -0.39 is 0 Å². The second-order valence-corrected chi connectivity index (χ2v) is 7.34. The zero-order valence-corrected chi connectivity index (χ0v) is 12.5. The van der Waals surface area contributed by atoms with E-state index in [0.717, 1.165) is 5.92 Å². The zero-order valence-electron chi connectivity index (χ0n) is 11.7. The van der Waals surface area contributed by atoms with Crippen LogP contribution in [-0.2, 0) is 0 Å². The van der Waals surface area contributed by atoms with Gasteiger partial charge >= 0.3 is 0 Å². The van der Waals surface area contributed by atoms with Crippen LogP contribution >= 0.6 is 11.6 Å². The molecule has 3 unspecified atom stereocenters. The lowest BCUT2D eigenvalue weighted by atomic mass is 9.59. The molecule has 2 rings (SSSR count). The van der Waals surface area contributed by atoms with Crippen molar-refractivity contribution >= 4 is 11.6 Å². The summed E-state index contributed by atoms with van der Waals surface area (Å²) in [4.78, 5) is 0. The van der Waals surface area contributed by atoms with Crippen LogP contribution < -0.4 is 0 Å². The first kappa shape index (κ1) is 13.7. The number of hydrogen-bond donors (Lipinski definition) is 1. The molecule has 18 heavy (non-hydrogen) atoms. The summed E-state index contributed by atoms with van der Waals surface area (Å²) in [5.41, 5.74) is 1.69. The number of benzene rings is 1. The number of halogens is 1. The number of rotatable bonds is 2. The van der Waals surface area contributed by atoms with Gasteiger partial charge in [-0.15, -0.1) is 0 Å². The molecular formula is C16H23ClO. The minimum Gasteiger partial charge on any atom is -0.506 e. The van der Waals surface area contributed by atoms with Crippen LogP contribution in [0.3, 0.4) is 0 Å². The van der Waals surface area contributed by atoms with Gasteiger partial charge in [-0.1, -0.05) is 45.4 Å². The summed E-state index contributed by atoms with van der Waals surface area (Å²) >= 11 is 5.98. The Kier molecular flexibility index (Phi) is 3.64. The first-order valence-electron chi connectivity index (χ1n) is 6.76. The van der Waals surface area contributed by atoms with Gasteiger partial charge in [0.25, 0.3) is 0 Å². The maximum Gasteiger partial charge on any atom is 0.134 e. The van der Waals surface area contributed by atoms with Crippen LogP contribution in [0.5, 0.6) is 5.75 Å². The molecule has 1 aliphatic carbocycles. The van der Waals surface area contributed by atoms with Gasteiger partial charge in [0, 0.05) is 0 Å². The fourth-order valence-corrected chi connectivity index (χ4v) is 3.33. The molecule has 0 amide bonds. The Hall–Kier alpha value is -0.690. The van der Waals surface area contributed by atoms with Crippen LogP contribution in [0, 0.1) is 17.3 Å². The van der Waals surface area contributed by atoms with Crippen LogP contribution in [0.15, 0.2) is 18.2 Å². The lowest BCUT2D eigenvalue weighted by molar-refractivity contribution is 0.0994. The highest BCUT2D eigenvalue weighted by molar-refractivity contribution is 6.32. The average molecular weight is 267 g/mol. The van der Waals surface area contributed by atoms with E-state index in [1.165, 1.54) is 18.4 Å². The number of hydrogen-bond acceptors (Lipinski definition) is 1. The fourth-order valence-electron chi connectivity index (χ4n) is 3.14. The second-order valence-electron chi connectivity index (χ2n) is 6.94. The largest absolute Gasteiger partial charge is 0.506 e. The summed E-state index contributed by atoms with van der Waals surface area (Å²) in [5.74, 6) is 2.32. The Balaban J connectivity index is 2.03. The third kappa shape index (κ3) is 2.83. The first-order chi connectivity index (χ1) is 8.28. The third-order valence-electron chi connectivity index (χ3n) is 4.21. The van der Waals surface area contributed by atoms with Crippen molar-refractivity contribution in [1.29, 1.82) is 0 Å². The lowest BCUT2D eigenvalue weighted by Gasteiger charge is -2.46. The molecule has 1 fully saturated rings. The standard InChI is InChI=1S/C16H23ClO/c1-10-12(9-16(2,3)4)7-13(10)11-5-6-15(18)14(17)8-11/h5-6,8,10,12-13,18H,7,9H2,1-4H3. The van der Waals surface area contributed by atoms with Crippen LogP contribution in [0.4, 0.5) is 0 Å². The minimum atomic E-state index is 0.179. The Morgan fingerprint density at radius 3 is 2.50 bits per heavy atom. The molecule has 1 nitrogen and oxygen atoms in total. The van der Waals surface area contributed by atoms with Crippen molar-refractivity contribution in [2.75, 3.05) is 0 Å². The van der Waals surface area contributed by atoms with Crippen LogP contribution in [0.2, 0.25) is 5.02 Å². The number of phenols is 1. The molecule has 2 heteroatoms. The Labute approximate surface area is 115 Å². The molecule has 3 atom stereocenters. The van der Waals surface area contributed by atoms with Gasteiger partial charge in [0.1, 0.15) is 5.75 Å². The molecule has 100 valence electrons. The van der Waals surface area contributed by atoms with Gasteiger partial charge < -0.3 is 5.11 Å². The third-order valence-corrected chi connectivity index (χ3v) is 4.51. The zero-order chi connectivity index (χ0) is 13.5. The first-order valence-corrected chi connectivity index (χ1v) is 7.14. The SMILES string of the molecule is CC1C(CC(C)(C)C)CC1c1ccc(O)c(Cl)c1. The van der Waals surface area contributed by atoms with Crippen molar-refractivity contribution in [3.63, 3.8) is 0 Å². The van der Waals surface area contributed by atoms with E-state index >= 15 is 0 Å². The lowest BCUT2D eigenvalue weighted by Crippen LogP contribution is -2.35. The Bertz CT molecular complexity index is 433. The molecule has 0 aliphatic heterocycles. The van der Waals surface area contributed by atoms with Crippen LogP contribution in [0.1, 0.15) is 52.0 Å². The average Bonchev–Trinajstić information content (AvgIpc) is 2.26. The van der Waals surface area contributed by atoms with Gasteiger partial charge in [-0.2, -0.15) is 0 Å². The van der Waals surface area contributed by atoms with E-state index in [-0.39, 0.29) is 5.75 Å². The van der Waals surface area contributed by atoms with Crippen molar-refractivity contribution in [3.05, 3.63) is 28.8 Å². The normalized spacial score (nSPS) is 27.9. The van der Waals surface area contributed by atoms with Gasteiger partial charge in [-0.3, -0.25) is 0 Å². The quantitative estimate of drug-likeness (QED) is 0.778. The van der Waals surface area contributed by atoms with Crippen molar-refractivity contribution in [1.82, 2.24) is 0 Å². The summed E-state index contributed by atoms with van der Waals surface area (Å²) in [6.45, 7) is 9.27. The summed E-state index contributed by atoms with van der Waals surface area (Å²) in [7, 11) is 0. The van der Waals surface area contributed by atoms with Crippen molar-refractivity contribution in [2.45, 2.75) is 46.5 Å². The van der Waals surface area contributed by atoms with E-state index in [1.54, 1.807) is 6.07 Å². The Morgan fingerprint density at radius 1 is 1.33 bits per heavy atom. The van der Waals surface area contributed by atoms with Gasteiger partial charge in [-0.05, 0) is 53.7 Å². The van der Waals surface area contributed by atoms with Gasteiger partial charge in [0.15, 0.2) is 0 Å². The summed E-state index contributed by atoms with van der Waals surface area (Å²) in [6.07, 6.45) is 2.54. The molecule has 0 aromatic heterocycles. The van der Waals surface area contributed by atoms with Crippen molar-refractivity contribution in [3.8, 4) is 5.75 Å². The number of phenolic OH excluding ortho intramolecular Hbond substituents is 1. The van der Waals surface area contributed by atoms with E-state index in [1.807, 2.05) is 12.1 Å². The molecule has 1 aromatic rings. The molecular weight excluding hydrogens is 244 g/mol. The molecule has 0 saturated heterocycles. The highest BCUT2D eigenvalue weighted by Crippen LogP contribution is 2.51. The van der Waals surface area contributed by atoms with E-state index in [9.17, 15) is 5.11 Å². The van der Waals surface area contributed by atoms with E-state index in [4.69, 9.17) is 11.6 Å². The topological polar surface area (TPSA) is 20.2 Å². The summed E-state index contributed by atoms with van der Waals surface area (Å²) < 4.78 is 0. The van der Waals surface area contributed by atoms with E-state index in [2.05, 4.69) is 27.7 Å². The molecule has 1 N–H and O–H groups in total. The predicted octanol–water partition coefficient (Wildman–Crippen LogP) is 5.22.